The summed E-state index contributed by atoms with van der Waals surface area (Å²) in [4.78, 5) is 2.60. The summed E-state index contributed by atoms with van der Waals surface area (Å²) in [5.41, 5.74) is 6.39. The van der Waals surface area contributed by atoms with E-state index in [9.17, 15) is 0 Å². The number of hydrogen-bond donors (Lipinski definition) is 2. The smallest absolute Gasteiger partial charge is 0.0738 e. The quantitative estimate of drug-likeness (QED) is 0.795. The van der Waals surface area contributed by atoms with E-state index in [1.807, 2.05) is 12.1 Å². The van der Waals surface area contributed by atoms with Crippen LogP contribution in [0.3, 0.4) is 0 Å². The molecule has 142 valence electrons. The lowest BCUT2D eigenvalue weighted by Gasteiger charge is -2.33. The van der Waals surface area contributed by atoms with Gasteiger partial charge in [-0.05, 0) is 54.4 Å². The first-order valence-corrected chi connectivity index (χ1v) is 10.4. The molecule has 3 aliphatic rings. The van der Waals surface area contributed by atoms with Crippen molar-refractivity contribution in [1.82, 2.24) is 5.32 Å². The zero-order valence-electron chi connectivity index (χ0n) is 15.1. The van der Waals surface area contributed by atoms with Crippen molar-refractivity contribution in [2.45, 2.75) is 31.5 Å². The first-order chi connectivity index (χ1) is 13.2. The Kier molecular flexibility index (Phi) is 4.68. The number of ether oxygens (including phenoxy) is 1. The van der Waals surface area contributed by atoms with E-state index in [0.29, 0.717) is 35.2 Å². The van der Waals surface area contributed by atoms with Gasteiger partial charge in [0.1, 0.15) is 0 Å². The highest BCUT2D eigenvalue weighted by atomic mass is 35.5. The van der Waals surface area contributed by atoms with Crippen LogP contribution in [0, 0.1) is 0 Å². The molecule has 0 aliphatic carbocycles. The van der Waals surface area contributed by atoms with Gasteiger partial charge in [-0.15, -0.1) is 0 Å². The van der Waals surface area contributed by atoms with Crippen molar-refractivity contribution < 1.29 is 4.74 Å². The average Bonchev–Trinajstić information content (AvgIpc) is 2.81. The molecule has 0 spiro atoms. The molecular weight excluding hydrogens is 381 g/mol. The van der Waals surface area contributed by atoms with Crippen LogP contribution >= 0.6 is 23.2 Å². The van der Waals surface area contributed by atoms with Gasteiger partial charge in [-0.2, -0.15) is 0 Å². The van der Waals surface area contributed by atoms with E-state index < -0.39 is 0 Å². The van der Waals surface area contributed by atoms with Crippen molar-refractivity contribution in [3.63, 3.8) is 0 Å². The van der Waals surface area contributed by atoms with E-state index in [2.05, 4.69) is 27.7 Å². The standard InChI is InChI=1S/C21H23Cl2N3O/c22-15-5-13(6-16(23)8-15)10-25-17-7-14-12-27-4-3-26-20-1-2-24-11-19(20)18(9-17)21(14)26/h5-9,19-20,24-25H,1-4,10-12H2/t19-,20-/m0/s1. The summed E-state index contributed by atoms with van der Waals surface area (Å²) in [5, 5.41) is 8.48. The molecule has 1 fully saturated rings. The largest absolute Gasteiger partial charge is 0.381 e. The predicted molar refractivity (Wildman–Crippen MR) is 111 cm³/mol. The number of halogens is 2. The maximum atomic E-state index is 6.13. The van der Waals surface area contributed by atoms with Gasteiger partial charge >= 0.3 is 0 Å². The fraction of sp³-hybridized carbons (Fsp3) is 0.429. The van der Waals surface area contributed by atoms with Gasteiger partial charge in [0.25, 0.3) is 0 Å². The summed E-state index contributed by atoms with van der Waals surface area (Å²) in [7, 11) is 0. The van der Waals surface area contributed by atoms with Gasteiger partial charge in [-0.25, -0.2) is 0 Å². The van der Waals surface area contributed by atoms with Crippen LogP contribution in [-0.4, -0.2) is 32.3 Å². The molecule has 5 rings (SSSR count). The van der Waals surface area contributed by atoms with E-state index in [4.69, 9.17) is 27.9 Å². The summed E-state index contributed by atoms with van der Waals surface area (Å²) in [6, 6.07) is 10.8. The Balaban J connectivity index is 1.46. The van der Waals surface area contributed by atoms with Crippen molar-refractivity contribution in [1.29, 1.82) is 0 Å². The molecule has 2 aromatic carbocycles. The summed E-state index contributed by atoms with van der Waals surface area (Å²) in [6.45, 7) is 5.33. The minimum Gasteiger partial charge on any atom is -0.381 e. The van der Waals surface area contributed by atoms with Crippen LogP contribution in [0.15, 0.2) is 30.3 Å². The van der Waals surface area contributed by atoms with Gasteiger partial charge in [0, 0.05) is 58.6 Å². The molecule has 2 aromatic rings. The zero-order valence-corrected chi connectivity index (χ0v) is 16.6. The van der Waals surface area contributed by atoms with E-state index in [1.165, 1.54) is 23.2 Å². The molecular formula is C21H23Cl2N3O. The van der Waals surface area contributed by atoms with Gasteiger partial charge in [0.15, 0.2) is 0 Å². The molecule has 0 aromatic heterocycles. The highest BCUT2D eigenvalue weighted by Gasteiger charge is 2.41. The summed E-state index contributed by atoms with van der Waals surface area (Å²) in [5.74, 6) is 0.563. The second-order valence-corrected chi connectivity index (χ2v) is 8.49. The Bertz CT molecular complexity index is 852. The van der Waals surface area contributed by atoms with Gasteiger partial charge in [-0.1, -0.05) is 23.2 Å². The molecule has 0 saturated carbocycles. The maximum absolute atomic E-state index is 6.13. The minimum atomic E-state index is 0.563. The number of nitrogens with one attached hydrogen (secondary N) is 2. The number of fused-ring (bicyclic) bond motifs is 3. The van der Waals surface area contributed by atoms with Crippen molar-refractivity contribution in [3.05, 3.63) is 57.1 Å². The molecule has 0 amide bonds. The molecule has 0 radical (unpaired) electrons. The summed E-state index contributed by atoms with van der Waals surface area (Å²) < 4.78 is 5.89. The monoisotopic (exact) mass is 403 g/mol. The molecule has 0 bridgehead atoms. The molecule has 3 aliphatic heterocycles. The molecule has 2 N–H and O–H groups in total. The SMILES string of the molecule is Clc1cc(Cl)cc(CNc2cc3c4c(c2)[C@@H]2CNCC[C@@H]2N4CCOC3)c1. The number of nitrogens with zero attached hydrogens (tertiary/aromatic N) is 1. The third-order valence-corrected chi connectivity index (χ3v) is 6.34. The van der Waals surface area contributed by atoms with E-state index >= 15 is 0 Å². The van der Waals surface area contributed by atoms with Crippen LogP contribution in [0.2, 0.25) is 10.0 Å². The zero-order chi connectivity index (χ0) is 18.4. The minimum absolute atomic E-state index is 0.563. The van der Waals surface area contributed by atoms with E-state index in [0.717, 1.165) is 37.5 Å². The van der Waals surface area contributed by atoms with E-state index in [-0.39, 0.29) is 0 Å². The number of rotatable bonds is 3. The van der Waals surface area contributed by atoms with Gasteiger partial charge in [-0.3, -0.25) is 0 Å². The summed E-state index contributed by atoms with van der Waals surface area (Å²) >= 11 is 12.3. The molecule has 6 heteroatoms. The third-order valence-electron chi connectivity index (χ3n) is 5.90. The highest BCUT2D eigenvalue weighted by molar-refractivity contribution is 6.34. The third kappa shape index (κ3) is 3.29. The lowest BCUT2D eigenvalue weighted by molar-refractivity contribution is 0.130. The molecule has 3 heterocycles. The van der Waals surface area contributed by atoms with Gasteiger partial charge < -0.3 is 20.3 Å². The van der Waals surface area contributed by atoms with Gasteiger partial charge in [0.2, 0.25) is 0 Å². The second kappa shape index (κ2) is 7.17. The fourth-order valence-corrected chi connectivity index (χ4v) is 5.38. The van der Waals surface area contributed by atoms with E-state index in [1.54, 1.807) is 6.07 Å². The normalized spacial score (nSPS) is 23.6. The van der Waals surface area contributed by atoms with Crippen LogP contribution in [-0.2, 0) is 17.9 Å². The lowest BCUT2D eigenvalue weighted by Crippen LogP contribution is -2.44. The molecule has 2 atom stereocenters. The van der Waals surface area contributed by atoms with Crippen LogP contribution in [0.4, 0.5) is 11.4 Å². The summed E-state index contributed by atoms with van der Waals surface area (Å²) in [6.07, 6.45) is 1.20. The van der Waals surface area contributed by atoms with Crippen molar-refractivity contribution in [2.24, 2.45) is 0 Å². The Morgan fingerprint density at radius 3 is 2.85 bits per heavy atom. The number of piperidine rings is 1. The molecule has 4 nitrogen and oxygen atoms in total. The van der Waals surface area contributed by atoms with Crippen molar-refractivity contribution in [3.8, 4) is 0 Å². The number of hydrogen-bond acceptors (Lipinski definition) is 4. The molecule has 27 heavy (non-hydrogen) atoms. The Labute approximate surface area is 169 Å². The Morgan fingerprint density at radius 2 is 2.00 bits per heavy atom. The van der Waals surface area contributed by atoms with Crippen molar-refractivity contribution in [2.75, 3.05) is 36.5 Å². The number of benzene rings is 2. The maximum Gasteiger partial charge on any atom is 0.0738 e. The average molecular weight is 404 g/mol. The first-order valence-electron chi connectivity index (χ1n) is 9.60. The Morgan fingerprint density at radius 1 is 1.15 bits per heavy atom. The van der Waals surface area contributed by atoms with Crippen molar-refractivity contribution >= 4 is 34.6 Å². The number of anilines is 2. The van der Waals surface area contributed by atoms with Crippen LogP contribution < -0.4 is 15.5 Å². The fourth-order valence-electron chi connectivity index (χ4n) is 4.80. The molecule has 0 unspecified atom stereocenters. The predicted octanol–water partition coefficient (Wildman–Crippen LogP) is 4.40. The Hall–Kier alpha value is -1.46. The highest BCUT2D eigenvalue weighted by Crippen LogP contribution is 2.47. The topological polar surface area (TPSA) is 36.5 Å². The van der Waals surface area contributed by atoms with Crippen LogP contribution in [0.1, 0.15) is 29.0 Å². The van der Waals surface area contributed by atoms with Crippen LogP contribution in [0.5, 0.6) is 0 Å². The van der Waals surface area contributed by atoms with Gasteiger partial charge in [0.05, 0.1) is 13.2 Å². The molecule has 1 saturated heterocycles. The lowest BCUT2D eigenvalue weighted by atomic mass is 9.89. The first kappa shape index (κ1) is 17.6. The van der Waals surface area contributed by atoms with Crippen LogP contribution in [0.25, 0.3) is 0 Å². The second-order valence-electron chi connectivity index (χ2n) is 7.62.